The van der Waals surface area contributed by atoms with Crippen LogP contribution in [0.3, 0.4) is 0 Å². The van der Waals surface area contributed by atoms with Gasteiger partial charge in [-0.25, -0.2) is 15.0 Å². The van der Waals surface area contributed by atoms with Gasteiger partial charge in [-0.1, -0.05) is 0 Å². The molecule has 0 radical (unpaired) electrons. The molecular formula is C7H12FN3O3. The topological polar surface area (TPSA) is 95.7 Å². The predicted molar refractivity (Wildman–Crippen MR) is 44.9 cm³/mol. The first-order valence-electron chi connectivity index (χ1n) is 4.17. The first-order valence-corrected chi connectivity index (χ1v) is 4.17. The average Bonchev–Trinajstić information content (AvgIpc) is 2.15. The van der Waals surface area contributed by atoms with Crippen LogP contribution in [0.25, 0.3) is 0 Å². The van der Waals surface area contributed by atoms with Gasteiger partial charge in [0.25, 0.3) is 0 Å². The van der Waals surface area contributed by atoms with E-state index in [4.69, 9.17) is 10.9 Å². The maximum atomic E-state index is 13.0. The molecule has 1 saturated heterocycles. The number of rotatable bonds is 1. The van der Waals surface area contributed by atoms with Crippen LogP contribution in [0.15, 0.2) is 0 Å². The zero-order chi connectivity index (χ0) is 10.7. The Hall–Kier alpha value is -1.37. The van der Waals surface area contributed by atoms with Crippen LogP contribution in [0.2, 0.25) is 0 Å². The third-order valence-electron chi connectivity index (χ3n) is 2.18. The van der Waals surface area contributed by atoms with Crippen LogP contribution >= 0.6 is 0 Å². The molecular weight excluding hydrogens is 193 g/mol. The summed E-state index contributed by atoms with van der Waals surface area (Å²) >= 11 is 0. The van der Waals surface area contributed by atoms with E-state index in [9.17, 15) is 14.0 Å². The Kier molecular flexibility index (Phi) is 3.23. The van der Waals surface area contributed by atoms with Crippen molar-refractivity contribution >= 4 is 12.0 Å². The highest BCUT2D eigenvalue weighted by molar-refractivity contribution is 5.79. The number of nitrogens with zero attached hydrogens (tertiary/aromatic N) is 1. The molecule has 0 spiro atoms. The molecule has 0 aromatic heterocycles. The van der Waals surface area contributed by atoms with Crippen LogP contribution in [0.1, 0.15) is 6.42 Å². The van der Waals surface area contributed by atoms with Crippen molar-refractivity contribution in [3.05, 3.63) is 0 Å². The van der Waals surface area contributed by atoms with Gasteiger partial charge >= 0.3 is 6.09 Å². The van der Waals surface area contributed by atoms with Crippen molar-refractivity contribution in [2.24, 2.45) is 11.8 Å². The van der Waals surface area contributed by atoms with Crippen molar-refractivity contribution < 1.29 is 19.1 Å². The molecule has 0 saturated carbocycles. The second-order valence-corrected chi connectivity index (χ2v) is 3.23. The fourth-order valence-corrected chi connectivity index (χ4v) is 1.50. The summed E-state index contributed by atoms with van der Waals surface area (Å²) in [6.45, 7) is -0.178. The van der Waals surface area contributed by atoms with Gasteiger partial charge in [-0.05, 0) is 6.42 Å². The van der Waals surface area contributed by atoms with E-state index in [0.717, 1.165) is 4.90 Å². The lowest BCUT2D eigenvalue weighted by atomic mass is 9.96. The Labute approximate surface area is 79.8 Å². The van der Waals surface area contributed by atoms with Gasteiger partial charge in [0.15, 0.2) is 0 Å². The lowest BCUT2D eigenvalue weighted by molar-refractivity contribution is -0.127. The Morgan fingerprint density at radius 3 is 2.64 bits per heavy atom. The second-order valence-electron chi connectivity index (χ2n) is 3.23. The van der Waals surface area contributed by atoms with Crippen molar-refractivity contribution in [2.75, 3.05) is 13.1 Å². The van der Waals surface area contributed by atoms with Crippen LogP contribution in [-0.4, -0.2) is 41.3 Å². The summed E-state index contributed by atoms with van der Waals surface area (Å²) in [7, 11) is 0. The number of likely N-dealkylation sites (tertiary alicyclic amines) is 1. The summed E-state index contributed by atoms with van der Waals surface area (Å²) in [5, 5.41) is 8.62. The van der Waals surface area contributed by atoms with Crippen LogP contribution < -0.4 is 11.3 Å². The quantitative estimate of drug-likeness (QED) is 0.300. The largest absolute Gasteiger partial charge is 0.465 e. The molecule has 80 valence electrons. The monoisotopic (exact) mass is 205 g/mol. The van der Waals surface area contributed by atoms with Gasteiger partial charge in [0.1, 0.15) is 6.17 Å². The van der Waals surface area contributed by atoms with Crippen LogP contribution in [0.4, 0.5) is 9.18 Å². The molecule has 0 bridgehead atoms. The highest BCUT2D eigenvalue weighted by atomic mass is 19.1. The Morgan fingerprint density at radius 1 is 1.50 bits per heavy atom. The Balaban J connectivity index is 2.62. The van der Waals surface area contributed by atoms with Gasteiger partial charge in [0, 0.05) is 6.54 Å². The lowest BCUT2D eigenvalue weighted by Gasteiger charge is -2.31. The van der Waals surface area contributed by atoms with Crippen molar-refractivity contribution in [1.29, 1.82) is 0 Å². The Morgan fingerprint density at radius 2 is 2.14 bits per heavy atom. The first kappa shape index (κ1) is 10.7. The molecule has 1 rings (SSSR count). The van der Waals surface area contributed by atoms with Gasteiger partial charge in [0.05, 0.1) is 12.5 Å². The number of hydrogen-bond donors (Lipinski definition) is 3. The van der Waals surface area contributed by atoms with E-state index < -0.39 is 24.1 Å². The molecule has 0 aromatic carbocycles. The highest BCUT2D eigenvalue weighted by Crippen LogP contribution is 2.19. The van der Waals surface area contributed by atoms with Gasteiger partial charge in [-0.15, -0.1) is 0 Å². The molecule has 7 heteroatoms. The van der Waals surface area contributed by atoms with Gasteiger partial charge in [-0.2, -0.15) is 0 Å². The van der Waals surface area contributed by atoms with Crippen molar-refractivity contribution in [1.82, 2.24) is 10.3 Å². The summed E-state index contributed by atoms with van der Waals surface area (Å²) in [6.07, 6.45) is -2.50. The minimum absolute atomic E-state index is 0.00120. The molecule has 1 aliphatic heterocycles. The average molecular weight is 205 g/mol. The van der Waals surface area contributed by atoms with E-state index in [1.165, 1.54) is 0 Å². The molecule has 0 aliphatic carbocycles. The molecule has 2 unspecified atom stereocenters. The number of carbonyl (C=O) groups is 2. The highest BCUT2D eigenvalue weighted by Gasteiger charge is 2.33. The predicted octanol–water partition coefficient (Wildman–Crippen LogP) is -0.686. The molecule has 1 aliphatic rings. The standard InChI is InChI=1S/C7H12FN3O3/c8-5-1-4(6(12)10-9)2-11(3-5)7(13)14/h4-5H,1-3,9H2,(H,10,12)(H,13,14). The molecule has 1 fully saturated rings. The van der Waals surface area contributed by atoms with E-state index in [-0.39, 0.29) is 19.5 Å². The number of nitrogens with two attached hydrogens (primary N) is 1. The SMILES string of the molecule is NNC(=O)C1CC(F)CN(C(=O)O)C1. The van der Waals surface area contributed by atoms with Crippen LogP contribution in [0, 0.1) is 5.92 Å². The zero-order valence-electron chi connectivity index (χ0n) is 7.44. The number of nitrogens with one attached hydrogen (secondary N) is 1. The number of amides is 2. The fraction of sp³-hybridized carbons (Fsp3) is 0.714. The maximum Gasteiger partial charge on any atom is 0.407 e. The number of carboxylic acid groups (broad SMARTS) is 1. The minimum atomic E-state index is -1.30. The van der Waals surface area contributed by atoms with Crippen molar-refractivity contribution in [3.63, 3.8) is 0 Å². The van der Waals surface area contributed by atoms with E-state index in [1.54, 1.807) is 0 Å². The lowest BCUT2D eigenvalue weighted by Crippen LogP contribution is -2.50. The number of halogens is 1. The third-order valence-corrected chi connectivity index (χ3v) is 2.18. The van der Waals surface area contributed by atoms with E-state index in [2.05, 4.69) is 0 Å². The van der Waals surface area contributed by atoms with E-state index in [0.29, 0.717) is 0 Å². The third kappa shape index (κ3) is 2.32. The normalized spacial score (nSPS) is 27.1. The number of hydrogen-bond acceptors (Lipinski definition) is 3. The van der Waals surface area contributed by atoms with Gasteiger partial charge in [0.2, 0.25) is 5.91 Å². The number of piperidine rings is 1. The summed E-state index contributed by atoms with van der Waals surface area (Å²) in [4.78, 5) is 22.5. The van der Waals surface area contributed by atoms with Crippen molar-refractivity contribution in [3.8, 4) is 0 Å². The molecule has 6 nitrogen and oxygen atoms in total. The van der Waals surface area contributed by atoms with E-state index >= 15 is 0 Å². The van der Waals surface area contributed by atoms with Crippen molar-refractivity contribution in [2.45, 2.75) is 12.6 Å². The van der Waals surface area contributed by atoms with Gasteiger partial charge in [-0.3, -0.25) is 10.2 Å². The molecule has 4 N–H and O–H groups in total. The van der Waals surface area contributed by atoms with Crippen LogP contribution in [-0.2, 0) is 4.79 Å². The van der Waals surface area contributed by atoms with E-state index in [1.807, 2.05) is 5.43 Å². The molecule has 2 amide bonds. The zero-order valence-corrected chi connectivity index (χ0v) is 7.44. The number of hydrazine groups is 1. The minimum Gasteiger partial charge on any atom is -0.465 e. The molecule has 1 heterocycles. The number of alkyl halides is 1. The smallest absolute Gasteiger partial charge is 0.407 e. The molecule has 2 atom stereocenters. The Bertz CT molecular complexity index is 248. The van der Waals surface area contributed by atoms with Crippen LogP contribution in [0.5, 0.6) is 0 Å². The summed E-state index contributed by atoms with van der Waals surface area (Å²) < 4.78 is 13.0. The second kappa shape index (κ2) is 4.23. The fourth-order valence-electron chi connectivity index (χ4n) is 1.50. The summed E-state index contributed by atoms with van der Waals surface area (Å²) in [6, 6.07) is 0. The summed E-state index contributed by atoms with van der Waals surface area (Å²) in [5.41, 5.74) is 1.89. The maximum absolute atomic E-state index is 13.0. The van der Waals surface area contributed by atoms with Gasteiger partial charge < -0.3 is 10.0 Å². The molecule has 14 heavy (non-hydrogen) atoms. The first-order chi connectivity index (χ1) is 6.54. The molecule has 0 aromatic rings. The summed E-state index contributed by atoms with van der Waals surface area (Å²) in [5.74, 6) is 3.66. The number of carbonyl (C=O) groups excluding carboxylic acids is 1.